The van der Waals surface area contributed by atoms with Crippen molar-refractivity contribution in [1.82, 2.24) is 5.32 Å². The lowest BCUT2D eigenvalue weighted by molar-refractivity contribution is -0.145. The SMILES string of the molecule is CCCNC(C)(COc1ccccc1CC)C(=O)O. The minimum atomic E-state index is -1.06. The Labute approximate surface area is 114 Å². The number of carboxylic acids is 1. The quantitative estimate of drug-likeness (QED) is 0.758. The second-order valence-electron chi connectivity index (χ2n) is 4.81. The summed E-state index contributed by atoms with van der Waals surface area (Å²) in [5.41, 5.74) is 0.0300. The van der Waals surface area contributed by atoms with Crippen LogP contribution in [0.3, 0.4) is 0 Å². The number of aryl methyl sites for hydroxylation is 1. The van der Waals surface area contributed by atoms with Crippen molar-refractivity contribution in [2.24, 2.45) is 0 Å². The molecule has 0 aliphatic heterocycles. The maximum Gasteiger partial charge on any atom is 0.327 e. The fourth-order valence-electron chi connectivity index (χ4n) is 1.75. The number of carbonyl (C=O) groups is 1. The number of benzene rings is 1. The molecule has 0 aromatic heterocycles. The molecular weight excluding hydrogens is 242 g/mol. The molecule has 0 saturated carbocycles. The standard InChI is InChI=1S/C15H23NO3/c1-4-10-16-15(3,14(17)18)11-19-13-9-7-6-8-12(13)5-2/h6-9,16H,4-5,10-11H2,1-3H3,(H,17,18). The van der Waals surface area contributed by atoms with Gasteiger partial charge in [-0.25, -0.2) is 0 Å². The topological polar surface area (TPSA) is 58.6 Å². The molecule has 1 rings (SSSR count). The van der Waals surface area contributed by atoms with Crippen molar-refractivity contribution < 1.29 is 14.6 Å². The lowest BCUT2D eigenvalue weighted by Crippen LogP contribution is -2.54. The van der Waals surface area contributed by atoms with Gasteiger partial charge in [-0.2, -0.15) is 0 Å². The van der Waals surface area contributed by atoms with E-state index in [2.05, 4.69) is 5.32 Å². The van der Waals surface area contributed by atoms with Gasteiger partial charge in [0.1, 0.15) is 17.9 Å². The van der Waals surface area contributed by atoms with E-state index in [0.29, 0.717) is 6.54 Å². The monoisotopic (exact) mass is 265 g/mol. The summed E-state index contributed by atoms with van der Waals surface area (Å²) in [6, 6.07) is 7.72. The normalized spacial score (nSPS) is 13.8. The first-order chi connectivity index (χ1) is 9.03. The maximum absolute atomic E-state index is 11.4. The smallest absolute Gasteiger partial charge is 0.327 e. The van der Waals surface area contributed by atoms with Gasteiger partial charge in [0.15, 0.2) is 0 Å². The summed E-state index contributed by atoms with van der Waals surface area (Å²) in [4.78, 5) is 11.4. The van der Waals surface area contributed by atoms with E-state index in [4.69, 9.17) is 4.74 Å². The van der Waals surface area contributed by atoms with Crippen molar-refractivity contribution >= 4 is 5.97 Å². The highest BCUT2D eigenvalue weighted by atomic mass is 16.5. The van der Waals surface area contributed by atoms with Crippen LogP contribution in [-0.4, -0.2) is 29.8 Å². The summed E-state index contributed by atoms with van der Waals surface area (Å²) >= 11 is 0. The van der Waals surface area contributed by atoms with Crippen molar-refractivity contribution in [3.8, 4) is 5.75 Å². The summed E-state index contributed by atoms with van der Waals surface area (Å²) in [7, 11) is 0. The number of para-hydroxylation sites is 1. The summed E-state index contributed by atoms with van der Waals surface area (Å²) in [6.45, 7) is 6.47. The predicted octanol–water partition coefficient (Wildman–Crippen LogP) is 2.47. The number of aliphatic carboxylic acids is 1. The molecule has 0 amide bonds. The van der Waals surface area contributed by atoms with E-state index in [1.54, 1.807) is 6.92 Å². The number of nitrogens with one attached hydrogen (secondary N) is 1. The Bertz CT molecular complexity index is 420. The van der Waals surface area contributed by atoms with Gasteiger partial charge in [-0.15, -0.1) is 0 Å². The summed E-state index contributed by atoms with van der Waals surface area (Å²) in [5, 5.41) is 12.3. The van der Waals surface area contributed by atoms with Crippen LogP contribution >= 0.6 is 0 Å². The van der Waals surface area contributed by atoms with Gasteiger partial charge < -0.3 is 9.84 Å². The van der Waals surface area contributed by atoms with Gasteiger partial charge in [-0.1, -0.05) is 32.0 Å². The second kappa shape index (κ2) is 7.14. The Morgan fingerprint density at radius 3 is 2.63 bits per heavy atom. The van der Waals surface area contributed by atoms with Crippen LogP contribution in [0.5, 0.6) is 5.75 Å². The third kappa shape index (κ3) is 4.24. The van der Waals surface area contributed by atoms with Crippen LogP contribution < -0.4 is 10.1 Å². The lowest BCUT2D eigenvalue weighted by Gasteiger charge is -2.26. The van der Waals surface area contributed by atoms with Crippen molar-refractivity contribution in [3.05, 3.63) is 29.8 Å². The molecule has 1 aromatic rings. The van der Waals surface area contributed by atoms with Crippen LogP contribution in [0.1, 0.15) is 32.8 Å². The lowest BCUT2D eigenvalue weighted by atomic mass is 10.0. The van der Waals surface area contributed by atoms with Gasteiger partial charge in [-0.3, -0.25) is 10.1 Å². The minimum Gasteiger partial charge on any atom is -0.491 e. The van der Waals surface area contributed by atoms with Gasteiger partial charge >= 0.3 is 5.97 Å². The van der Waals surface area contributed by atoms with E-state index in [0.717, 1.165) is 24.2 Å². The van der Waals surface area contributed by atoms with E-state index in [-0.39, 0.29) is 6.61 Å². The first-order valence-electron chi connectivity index (χ1n) is 6.72. The summed E-state index contributed by atoms with van der Waals surface area (Å²) < 4.78 is 5.71. The van der Waals surface area contributed by atoms with Crippen molar-refractivity contribution in [2.45, 2.75) is 39.2 Å². The number of hydrogen-bond donors (Lipinski definition) is 2. The average Bonchev–Trinajstić information content (AvgIpc) is 2.43. The van der Waals surface area contributed by atoms with Gasteiger partial charge in [0.05, 0.1) is 0 Å². The largest absolute Gasteiger partial charge is 0.491 e. The summed E-state index contributed by atoms with van der Waals surface area (Å²) in [5.74, 6) is -0.134. The molecule has 1 unspecified atom stereocenters. The molecule has 0 heterocycles. The van der Waals surface area contributed by atoms with Crippen molar-refractivity contribution in [3.63, 3.8) is 0 Å². The maximum atomic E-state index is 11.4. The third-order valence-corrected chi connectivity index (χ3v) is 3.11. The molecule has 1 aromatic carbocycles. The first-order valence-corrected chi connectivity index (χ1v) is 6.72. The van der Waals surface area contributed by atoms with Crippen molar-refractivity contribution in [2.75, 3.05) is 13.2 Å². The van der Waals surface area contributed by atoms with Crippen molar-refractivity contribution in [1.29, 1.82) is 0 Å². The van der Waals surface area contributed by atoms with Gasteiger partial charge in [-0.05, 0) is 37.9 Å². The van der Waals surface area contributed by atoms with Crippen LogP contribution in [0.15, 0.2) is 24.3 Å². The highest BCUT2D eigenvalue weighted by Crippen LogP contribution is 2.20. The van der Waals surface area contributed by atoms with Gasteiger partial charge in [0.2, 0.25) is 0 Å². The predicted molar refractivity (Wildman–Crippen MR) is 75.6 cm³/mol. The Morgan fingerprint density at radius 1 is 1.37 bits per heavy atom. The Balaban J connectivity index is 2.73. The summed E-state index contributed by atoms with van der Waals surface area (Å²) in [6.07, 6.45) is 1.75. The Kier molecular flexibility index (Phi) is 5.83. The number of ether oxygens (including phenoxy) is 1. The van der Waals surface area contributed by atoms with E-state index >= 15 is 0 Å². The molecule has 0 radical (unpaired) electrons. The van der Waals surface area contributed by atoms with E-state index in [9.17, 15) is 9.90 Å². The van der Waals surface area contributed by atoms with Crippen LogP contribution in [0, 0.1) is 0 Å². The highest BCUT2D eigenvalue weighted by Gasteiger charge is 2.33. The molecule has 0 aliphatic rings. The van der Waals surface area contributed by atoms with Gasteiger partial charge in [0, 0.05) is 0 Å². The molecule has 106 valence electrons. The van der Waals surface area contributed by atoms with Crippen LogP contribution in [0.2, 0.25) is 0 Å². The fraction of sp³-hybridized carbons (Fsp3) is 0.533. The fourth-order valence-corrected chi connectivity index (χ4v) is 1.75. The highest BCUT2D eigenvalue weighted by molar-refractivity contribution is 5.78. The first kappa shape index (κ1) is 15.5. The molecule has 0 spiro atoms. The molecule has 4 heteroatoms. The zero-order valence-electron chi connectivity index (χ0n) is 11.9. The molecule has 2 N–H and O–H groups in total. The Hall–Kier alpha value is -1.55. The average molecular weight is 265 g/mol. The molecular formula is C15H23NO3. The molecule has 1 atom stereocenters. The molecule has 0 bridgehead atoms. The van der Waals surface area contributed by atoms with Crippen LogP contribution in [0.4, 0.5) is 0 Å². The van der Waals surface area contributed by atoms with E-state index in [1.807, 2.05) is 38.1 Å². The minimum absolute atomic E-state index is 0.110. The molecule has 19 heavy (non-hydrogen) atoms. The van der Waals surface area contributed by atoms with Crippen LogP contribution in [0.25, 0.3) is 0 Å². The molecule has 0 saturated heterocycles. The second-order valence-corrected chi connectivity index (χ2v) is 4.81. The van der Waals surface area contributed by atoms with Crippen LogP contribution in [-0.2, 0) is 11.2 Å². The molecule has 4 nitrogen and oxygen atoms in total. The van der Waals surface area contributed by atoms with E-state index < -0.39 is 11.5 Å². The Morgan fingerprint density at radius 2 is 2.05 bits per heavy atom. The zero-order valence-corrected chi connectivity index (χ0v) is 11.9. The molecule has 0 aliphatic carbocycles. The van der Waals surface area contributed by atoms with E-state index in [1.165, 1.54) is 0 Å². The zero-order chi connectivity index (χ0) is 14.3. The number of rotatable bonds is 8. The number of carboxylic acid groups (broad SMARTS) is 1. The number of hydrogen-bond acceptors (Lipinski definition) is 3. The van der Waals surface area contributed by atoms with Gasteiger partial charge in [0.25, 0.3) is 0 Å². The molecule has 0 fully saturated rings. The third-order valence-electron chi connectivity index (χ3n) is 3.11.